The summed E-state index contributed by atoms with van der Waals surface area (Å²) >= 11 is 0. The lowest BCUT2D eigenvalue weighted by molar-refractivity contribution is 0.0554. The fourth-order valence-corrected chi connectivity index (χ4v) is 5.76. The minimum atomic E-state index is -3.24. The monoisotopic (exact) mass is 310 g/mol. The van der Waals surface area contributed by atoms with Gasteiger partial charge in [0, 0.05) is 6.20 Å². The van der Waals surface area contributed by atoms with E-state index < -0.39 is 24.7 Å². The van der Waals surface area contributed by atoms with E-state index in [1.54, 1.807) is 0 Å². The van der Waals surface area contributed by atoms with Gasteiger partial charge in [-0.3, -0.25) is 4.03 Å². The second-order valence-corrected chi connectivity index (χ2v) is 12.8. The van der Waals surface area contributed by atoms with Crippen molar-refractivity contribution in [2.75, 3.05) is 0 Å². The zero-order chi connectivity index (χ0) is 15.1. The van der Waals surface area contributed by atoms with Crippen molar-refractivity contribution in [3.8, 4) is 0 Å². The van der Waals surface area contributed by atoms with Gasteiger partial charge in [0.25, 0.3) is 0 Å². The molecule has 0 amide bonds. The van der Waals surface area contributed by atoms with E-state index in [0.29, 0.717) is 4.68 Å². The standard InChI is InChI=1S/C10H20F2N4OSSi/c1-10(2,3)19(4,5)15-18(13,17)8-6-7-16(14-8)9(11)12/h6-7,9H,1-5H3,(H2,13,15,17). The molecule has 1 aromatic heterocycles. The molecule has 0 aliphatic carbocycles. The zero-order valence-corrected chi connectivity index (χ0v) is 13.5. The molecule has 110 valence electrons. The lowest BCUT2D eigenvalue weighted by atomic mass is 10.2. The van der Waals surface area contributed by atoms with Crippen LogP contribution in [0, 0.1) is 0 Å². The van der Waals surface area contributed by atoms with Crippen molar-refractivity contribution in [1.29, 1.82) is 0 Å². The molecule has 1 rings (SSSR count). The normalized spacial score (nSPS) is 16.5. The van der Waals surface area contributed by atoms with Gasteiger partial charge in [0.15, 0.2) is 13.3 Å². The highest BCUT2D eigenvalue weighted by atomic mass is 32.2. The van der Waals surface area contributed by atoms with Crippen LogP contribution in [0.2, 0.25) is 18.1 Å². The molecular formula is C10H20F2N4OSSi. The predicted molar refractivity (Wildman–Crippen MR) is 73.7 cm³/mol. The number of hydrogen-bond donors (Lipinski definition) is 1. The maximum absolute atomic E-state index is 12.4. The Hall–Kier alpha value is -0.803. The summed E-state index contributed by atoms with van der Waals surface area (Å²) in [6.45, 7) is 7.08. The molecule has 1 heterocycles. The van der Waals surface area contributed by atoms with Gasteiger partial charge in [0.2, 0.25) is 0 Å². The minimum Gasteiger partial charge on any atom is -0.260 e. The Morgan fingerprint density at radius 1 is 1.47 bits per heavy atom. The number of hydrogen-bond acceptors (Lipinski definition) is 3. The first-order chi connectivity index (χ1) is 8.37. The average molecular weight is 310 g/mol. The van der Waals surface area contributed by atoms with E-state index in [2.05, 4.69) is 9.13 Å². The summed E-state index contributed by atoms with van der Waals surface area (Å²) in [6, 6.07) is 1.23. The number of aromatic nitrogens is 2. The van der Waals surface area contributed by atoms with Gasteiger partial charge in [-0.15, -0.1) is 0 Å². The third kappa shape index (κ3) is 3.60. The van der Waals surface area contributed by atoms with E-state index in [9.17, 15) is 13.0 Å². The highest BCUT2D eigenvalue weighted by Gasteiger charge is 2.37. The molecule has 0 saturated heterocycles. The van der Waals surface area contributed by atoms with Gasteiger partial charge in [0.05, 0.1) is 0 Å². The van der Waals surface area contributed by atoms with Crippen LogP contribution in [-0.4, -0.2) is 22.2 Å². The molecular weight excluding hydrogens is 290 g/mol. The largest absolute Gasteiger partial charge is 0.333 e. The van der Waals surface area contributed by atoms with Crippen LogP contribution in [0.3, 0.4) is 0 Å². The number of nitrogens with zero attached hydrogens (tertiary/aromatic N) is 3. The van der Waals surface area contributed by atoms with E-state index in [-0.39, 0.29) is 10.1 Å². The Balaban J connectivity index is 3.27. The van der Waals surface area contributed by atoms with Gasteiger partial charge < -0.3 is 0 Å². The molecule has 1 aromatic rings. The van der Waals surface area contributed by atoms with Gasteiger partial charge in [0.1, 0.15) is 9.92 Å². The number of halogens is 2. The second-order valence-electron chi connectivity index (χ2n) is 5.88. The van der Waals surface area contributed by atoms with Crippen molar-refractivity contribution in [2.24, 2.45) is 9.17 Å². The van der Waals surface area contributed by atoms with Crippen molar-refractivity contribution in [2.45, 2.75) is 50.5 Å². The zero-order valence-electron chi connectivity index (χ0n) is 11.7. The first kappa shape index (κ1) is 16.3. The lowest BCUT2D eigenvalue weighted by Crippen LogP contribution is -2.37. The molecule has 2 N–H and O–H groups in total. The molecule has 0 bridgehead atoms. The van der Waals surface area contributed by atoms with E-state index in [0.717, 1.165) is 6.20 Å². The Morgan fingerprint density at radius 3 is 2.37 bits per heavy atom. The molecule has 0 aromatic carbocycles. The van der Waals surface area contributed by atoms with Gasteiger partial charge in [-0.2, -0.15) is 13.9 Å². The van der Waals surface area contributed by atoms with E-state index in [1.165, 1.54) is 6.07 Å². The lowest BCUT2D eigenvalue weighted by Gasteiger charge is -2.32. The molecule has 5 nitrogen and oxygen atoms in total. The van der Waals surface area contributed by atoms with Gasteiger partial charge in [-0.25, -0.2) is 14.0 Å². The summed E-state index contributed by atoms with van der Waals surface area (Å²) in [5.41, 5.74) is 0. The van der Waals surface area contributed by atoms with Crippen molar-refractivity contribution >= 4 is 18.2 Å². The number of rotatable bonds is 3. The minimum absolute atomic E-state index is 0.0994. The van der Waals surface area contributed by atoms with Crippen LogP contribution in [0.15, 0.2) is 21.3 Å². The maximum Gasteiger partial charge on any atom is 0.333 e. The molecule has 19 heavy (non-hydrogen) atoms. The molecule has 0 saturated carbocycles. The molecule has 1 atom stereocenters. The van der Waals surface area contributed by atoms with Gasteiger partial charge in [-0.1, -0.05) is 20.8 Å². The van der Waals surface area contributed by atoms with E-state index in [4.69, 9.17) is 5.14 Å². The number of alkyl halides is 2. The van der Waals surface area contributed by atoms with Crippen LogP contribution in [0.1, 0.15) is 27.3 Å². The van der Waals surface area contributed by atoms with Gasteiger partial charge in [-0.05, 0) is 24.2 Å². The summed E-state index contributed by atoms with van der Waals surface area (Å²) in [7, 11) is -5.50. The fourth-order valence-electron chi connectivity index (χ4n) is 1.11. The maximum atomic E-state index is 12.4. The molecule has 9 heteroatoms. The van der Waals surface area contributed by atoms with E-state index >= 15 is 0 Å². The second kappa shape index (κ2) is 4.95. The molecule has 0 fully saturated rings. The van der Waals surface area contributed by atoms with Crippen molar-refractivity contribution < 1.29 is 13.0 Å². The summed E-state index contributed by atoms with van der Waals surface area (Å²) in [4.78, 5) is 0. The average Bonchev–Trinajstić information content (AvgIpc) is 2.62. The summed E-state index contributed by atoms with van der Waals surface area (Å²) < 4.78 is 42.0. The van der Waals surface area contributed by atoms with E-state index in [1.807, 2.05) is 33.9 Å². The first-order valence-electron chi connectivity index (χ1n) is 5.76. The van der Waals surface area contributed by atoms with Crippen LogP contribution in [-0.2, 0) is 9.92 Å². The topological polar surface area (TPSA) is 73.3 Å². The Bertz CT molecular complexity index is 570. The molecule has 0 aliphatic rings. The van der Waals surface area contributed by atoms with Crippen LogP contribution >= 0.6 is 0 Å². The Morgan fingerprint density at radius 2 is 2.00 bits per heavy atom. The SMILES string of the molecule is CC(C)(C)[Si](C)(C)N=S(N)(=O)c1ccn(C(F)F)n1. The smallest absolute Gasteiger partial charge is 0.260 e. The quantitative estimate of drug-likeness (QED) is 0.872. The summed E-state index contributed by atoms with van der Waals surface area (Å²) in [5, 5.41) is 9.01. The third-order valence-corrected chi connectivity index (χ3v) is 10.7. The van der Waals surface area contributed by atoms with Crippen LogP contribution in [0.4, 0.5) is 8.78 Å². The molecule has 1 unspecified atom stereocenters. The Labute approximate surface area is 113 Å². The fraction of sp³-hybridized carbons (Fsp3) is 0.700. The third-order valence-electron chi connectivity index (χ3n) is 3.28. The van der Waals surface area contributed by atoms with Crippen LogP contribution in [0.25, 0.3) is 0 Å². The molecule has 0 radical (unpaired) electrons. The summed E-state index contributed by atoms with van der Waals surface area (Å²) in [6.07, 6.45) is 1.05. The van der Waals surface area contributed by atoms with Crippen molar-refractivity contribution in [3.63, 3.8) is 0 Å². The van der Waals surface area contributed by atoms with Crippen molar-refractivity contribution in [3.05, 3.63) is 12.3 Å². The molecule has 0 spiro atoms. The predicted octanol–water partition coefficient (Wildman–Crippen LogP) is 2.98. The summed E-state index contributed by atoms with van der Waals surface area (Å²) in [5.74, 6) is 0. The molecule has 0 aliphatic heterocycles. The highest BCUT2D eigenvalue weighted by molar-refractivity contribution is 7.92. The first-order valence-corrected chi connectivity index (χ1v) is 10.3. The Kier molecular flexibility index (Phi) is 4.23. The van der Waals surface area contributed by atoms with Crippen LogP contribution in [0.5, 0.6) is 0 Å². The number of nitrogens with two attached hydrogens (primary N) is 1. The van der Waals surface area contributed by atoms with Crippen molar-refractivity contribution in [1.82, 2.24) is 9.78 Å². The highest BCUT2D eigenvalue weighted by Crippen LogP contribution is 2.37. The van der Waals surface area contributed by atoms with Crippen LogP contribution < -0.4 is 5.14 Å². The van der Waals surface area contributed by atoms with Gasteiger partial charge >= 0.3 is 6.55 Å².